The lowest BCUT2D eigenvalue weighted by molar-refractivity contribution is 0.102. The summed E-state index contributed by atoms with van der Waals surface area (Å²) in [4.78, 5) is 35.1. The lowest BCUT2D eigenvalue weighted by Gasteiger charge is -2.17. The third kappa shape index (κ3) is 4.76. The molecule has 5 aromatic rings. The quantitative estimate of drug-likeness (QED) is 0.338. The van der Waals surface area contributed by atoms with Gasteiger partial charge in [-0.15, -0.1) is 0 Å². The van der Waals surface area contributed by atoms with Gasteiger partial charge in [0.15, 0.2) is 11.6 Å². The van der Waals surface area contributed by atoms with Crippen LogP contribution < -0.4 is 20.5 Å². The summed E-state index contributed by atoms with van der Waals surface area (Å²) in [5.74, 6) is -1.50. The molecule has 0 saturated heterocycles. The SMILES string of the molecule is CN(C)c1cc(C(=O)Nc2ccc(Oc3ccnc4[nH]ccc34)c(F)c2)c(=O)n(-c2ccc(F)cc2)c1. The lowest BCUT2D eigenvalue weighted by Crippen LogP contribution is -2.29. The minimum Gasteiger partial charge on any atom is -0.453 e. The molecule has 0 aliphatic heterocycles. The number of hydrogen-bond acceptors (Lipinski definition) is 5. The molecule has 1 amide bonds. The summed E-state index contributed by atoms with van der Waals surface area (Å²) in [6.45, 7) is 0. The van der Waals surface area contributed by atoms with Gasteiger partial charge in [0.1, 0.15) is 22.8 Å². The van der Waals surface area contributed by atoms with E-state index in [1.807, 2.05) is 0 Å². The molecule has 3 aromatic heterocycles. The van der Waals surface area contributed by atoms with Crippen molar-refractivity contribution in [3.63, 3.8) is 0 Å². The smallest absolute Gasteiger partial charge is 0.268 e. The minimum absolute atomic E-state index is 0.0417. The Labute approximate surface area is 209 Å². The van der Waals surface area contributed by atoms with Crippen molar-refractivity contribution in [1.29, 1.82) is 0 Å². The fourth-order valence-electron chi connectivity index (χ4n) is 3.77. The second-order valence-corrected chi connectivity index (χ2v) is 8.41. The molecule has 0 fully saturated rings. The minimum atomic E-state index is -0.721. The average molecular weight is 501 g/mol. The van der Waals surface area contributed by atoms with Crippen LogP contribution in [0.5, 0.6) is 11.5 Å². The van der Waals surface area contributed by atoms with Gasteiger partial charge in [0.25, 0.3) is 11.5 Å². The van der Waals surface area contributed by atoms with Crippen LogP contribution in [0.1, 0.15) is 10.4 Å². The first-order valence-corrected chi connectivity index (χ1v) is 11.2. The van der Waals surface area contributed by atoms with Crippen LogP contribution in [0.2, 0.25) is 0 Å². The van der Waals surface area contributed by atoms with E-state index in [0.717, 1.165) is 6.07 Å². The molecule has 0 unspecified atom stereocenters. The van der Waals surface area contributed by atoms with E-state index in [9.17, 15) is 18.4 Å². The molecule has 5 rings (SSSR count). The van der Waals surface area contributed by atoms with Crippen molar-refractivity contribution < 1.29 is 18.3 Å². The molecule has 37 heavy (non-hydrogen) atoms. The van der Waals surface area contributed by atoms with Gasteiger partial charge in [0, 0.05) is 50.1 Å². The van der Waals surface area contributed by atoms with Gasteiger partial charge in [0.2, 0.25) is 0 Å². The highest BCUT2D eigenvalue weighted by atomic mass is 19.1. The molecule has 0 bridgehead atoms. The van der Waals surface area contributed by atoms with Crippen molar-refractivity contribution in [3.8, 4) is 17.2 Å². The van der Waals surface area contributed by atoms with Crippen LogP contribution in [-0.2, 0) is 0 Å². The number of anilines is 2. The Morgan fingerprint density at radius 1 is 1.03 bits per heavy atom. The molecule has 0 aliphatic carbocycles. The number of rotatable bonds is 6. The summed E-state index contributed by atoms with van der Waals surface area (Å²) in [7, 11) is 3.52. The number of hydrogen-bond donors (Lipinski definition) is 2. The monoisotopic (exact) mass is 501 g/mol. The van der Waals surface area contributed by atoms with Crippen LogP contribution in [0.4, 0.5) is 20.2 Å². The van der Waals surface area contributed by atoms with E-state index in [2.05, 4.69) is 15.3 Å². The van der Waals surface area contributed by atoms with Crippen LogP contribution in [0.15, 0.2) is 84.0 Å². The molecular weight excluding hydrogens is 480 g/mol. The standard InChI is InChI=1S/C27H21F2N5O3/c1-33(2)19-14-21(27(36)34(15-19)18-6-3-16(28)4-7-18)26(35)32-17-5-8-24(22(29)13-17)37-23-10-12-31-25-20(23)9-11-30-25/h3-15H,1-2H3,(H,30,31)(H,32,35). The van der Waals surface area contributed by atoms with Gasteiger partial charge in [-0.25, -0.2) is 13.8 Å². The van der Waals surface area contributed by atoms with Crippen molar-refractivity contribution in [2.75, 3.05) is 24.3 Å². The third-order valence-corrected chi connectivity index (χ3v) is 5.70. The van der Waals surface area contributed by atoms with Crippen LogP contribution in [0.25, 0.3) is 16.7 Å². The normalized spacial score (nSPS) is 10.9. The first-order valence-electron chi connectivity index (χ1n) is 11.2. The number of amides is 1. The Morgan fingerprint density at radius 3 is 2.54 bits per heavy atom. The molecular formula is C27H21F2N5O3. The number of aromatic nitrogens is 3. The number of fused-ring (bicyclic) bond motifs is 1. The maximum absolute atomic E-state index is 14.9. The Hall–Kier alpha value is -4.99. The van der Waals surface area contributed by atoms with Crippen LogP contribution in [0.3, 0.4) is 0 Å². The molecule has 2 N–H and O–H groups in total. The zero-order chi connectivity index (χ0) is 26.1. The van der Waals surface area contributed by atoms with E-state index in [0.29, 0.717) is 28.2 Å². The average Bonchev–Trinajstić information content (AvgIpc) is 3.36. The molecule has 10 heteroatoms. The van der Waals surface area contributed by atoms with Crippen LogP contribution >= 0.6 is 0 Å². The number of halogens is 2. The summed E-state index contributed by atoms with van der Waals surface area (Å²) >= 11 is 0. The lowest BCUT2D eigenvalue weighted by atomic mass is 10.2. The zero-order valence-corrected chi connectivity index (χ0v) is 19.8. The van der Waals surface area contributed by atoms with E-state index in [4.69, 9.17) is 4.74 Å². The van der Waals surface area contributed by atoms with Crippen molar-refractivity contribution in [2.45, 2.75) is 0 Å². The Morgan fingerprint density at radius 2 is 1.81 bits per heavy atom. The number of benzene rings is 2. The van der Waals surface area contributed by atoms with Gasteiger partial charge in [-0.05, 0) is 54.6 Å². The highest BCUT2D eigenvalue weighted by Crippen LogP contribution is 2.31. The molecule has 0 atom stereocenters. The number of H-pyrrole nitrogens is 1. The fraction of sp³-hybridized carbons (Fsp3) is 0.0741. The Bertz CT molecular complexity index is 1680. The number of nitrogens with one attached hydrogen (secondary N) is 2. The second-order valence-electron chi connectivity index (χ2n) is 8.41. The third-order valence-electron chi connectivity index (χ3n) is 5.70. The van der Waals surface area contributed by atoms with E-state index in [1.165, 1.54) is 47.0 Å². The van der Waals surface area contributed by atoms with Gasteiger partial charge >= 0.3 is 0 Å². The highest BCUT2D eigenvalue weighted by Gasteiger charge is 2.18. The van der Waals surface area contributed by atoms with Crippen LogP contribution in [0, 0.1) is 11.6 Å². The molecule has 0 radical (unpaired) electrons. The number of ether oxygens (including phenoxy) is 1. The zero-order valence-electron chi connectivity index (χ0n) is 19.8. The van der Waals surface area contributed by atoms with E-state index in [-0.39, 0.29) is 17.0 Å². The second kappa shape index (κ2) is 9.57. The van der Waals surface area contributed by atoms with E-state index < -0.39 is 23.1 Å². The summed E-state index contributed by atoms with van der Waals surface area (Å²) < 4.78 is 35.3. The van der Waals surface area contributed by atoms with Gasteiger partial charge in [-0.1, -0.05) is 0 Å². The van der Waals surface area contributed by atoms with Crippen molar-refractivity contribution >= 4 is 28.3 Å². The summed E-state index contributed by atoms with van der Waals surface area (Å²) in [6, 6.07) is 14.1. The van der Waals surface area contributed by atoms with Crippen molar-refractivity contribution in [2.24, 2.45) is 0 Å². The van der Waals surface area contributed by atoms with Crippen LogP contribution in [-0.4, -0.2) is 34.5 Å². The first kappa shape index (κ1) is 23.7. The molecule has 0 aliphatic rings. The molecule has 0 saturated carbocycles. The van der Waals surface area contributed by atoms with E-state index in [1.54, 1.807) is 49.7 Å². The highest BCUT2D eigenvalue weighted by molar-refractivity contribution is 6.04. The summed E-state index contributed by atoms with van der Waals surface area (Å²) in [5, 5.41) is 3.26. The fourth-order valence-corrected chi connectivity index (χ4v) is 3.77. The molecule has 0 spiro atoms. The topological polar surface area (TPSA) is 92.2 Å². The van der Waals surface area contributed by atoms with E-state index >= 15 is 0 Å². The Kier molecular flexibility index (Phi) is 6.14. The van der Waals surface area contributed by atoms with Gasteiger partial charge in [-0.3, -0.25) is 14.2 Å². The number of carbonyl (C=O) groups excluding carboxylic acids is 1. The number of carbonyl (C=O) groups is 1. The predicted molar refractivity (Wildman–Crippen MR) is 137 cm³/mol. The number of pyridine rings is 2. The number of nitrogens with zero attached hydrogens (tertiary/aromatic N) is 3. The first-order chi connectivity index (χ1) is 17.8. The van der Waals surface area contributed by atoms with Gasteiger partial charge in [0.05, 0.1) is 11.1 Å². The molecule has 2 aromatic carbocycles. The predicted octanol–water partition coefficient (Wildman–Crippen LogP) is 5.10. The molecule has 8 nitrogen and oxygen atoms in total. The molecule has 3 heterocycles. The van der Waals surface area contributed by atoms with Gasteiger partial charge in [-0.2, -0.15) is 0 Å². The summed E-state index contributed by atoms with van der Waals surface area (Å²) in [5.41, 5.74) is 0.931. The van der Waals surface area contributed by atoms with Gasteiger partial charge < -0.3 is 19.9 Å². The molecule has 186 valence electrons. The number of aromatic amines is 1. The maximum Gasteiger partial charge on any atom is 0.268 e. The Balaban J connectivity index is 1.43. The van der Waals surface area contributed by atoms with Crippen molar-refractivity contribution in [1.82, 2.24) is 14.5 Å². The largest absolute Gasteiger partial charge is 0.453 e. The summed E-state index contributed by atoms with van der Waals surface area (Å²) in [6.07, 6.45) is 4.80. The van der Waals surface area contributed by atoms with Crippen molar-refractivity contribution in [3.05, 3.63) is 107 Å². The maximum atomic E-state index is 14.9.